The van der Waals surface area contributed by atoms with E-state index in [0.717, 1.165) is 16.7 Å². The van der Waals surface area contributed by atoms with E-state index in [0.29, 0.717) is 26.7 Å². The molecule has 0 radical (unpaired) electrons. The number of carbonyl (C=O) groups is 3. The SMILES string of the molecule is Cc1ccc(C)c(C)c1.NC(=O)c1ccc2c(c1)C(=O)c1cc(C(=O)NCc3ccc(Cl)c(Cl)c3)ccc1-2. The Bertz CT molecular complexity index is 1590. The molecule has 0 spiro atoms. The quantitative estimate of drug-likeness (QED) is 0.259. The van der Waals surface area contributed by atoms with E-state index >= 15 is 0 Å². The number of aryl methyl sites for hydroxylation is 3. The van der Waals surface area contributed by atoms with Crippen LogP contribution in [-0.4, -0.2) is 17.6 Å². The molecule has 0 aromatic heterocycles. The molecular weight excluding hydrogens is 519 g/mol. The molecule has 0 heterocycles. The Balaban J connectivity index is 0.000000317. The average molecular weight is 545 g/mol. The summed E-state index contributed by atoms with van der Waals surface area (Å²) in [6.45, 7) is 6.66. The number of rotatable bonds is 4. The first-order valence-corrected chi connectivity index (χ1v) is 12.7. The minimum absolute atomic E-state index is 0.239. The molecule has 192 valence electrons. The van der Waals surface area contributed by atoms with Crippen LogP contribution < -0.4 is 11.1 Å². The summed E-state index contributed by atoms with van der Waals surface area (Å²) in [6, 6.07) is 21.3. The lowest BCUT2D eigenvalue weighted by Gasteiger charge is -2.08. The van der Waals surface area contributed by atoms with E-state index in [1.807, 2.05) is 0 Å². The Morgan fingerprint density at radius 3 is 1.92 bits per heavy atom. The summed E-state index contributed by atoms with van der Waals surface area (Å²) < 4.78 is 0. The molecule has 0 atom stereocenters. The minimum atomic E-state index is -0.598. The van der Waals surface area contributed by atoms with Crippen LogP contribution in [0.15, 0.2) is 72.8 Å². The lowest BCUT2D eigenvalue weighted by molar-refractivity contribution is 0.0949. The Hall–Kier alpha value is -3.93. The van der Waals surface area contributed by atoms with Gasteiger partial charge in [0.1, 0.15) is 0 Å². The van der Waals surface area contributed by atoms with Crippen LogP contribution >= 0.6 is 23.2 Å². The van der Waals surface area contributed by atoms with E-state index in [1.54, 1.807) is 48.5 Å². The van der Waals surface area contributed by atoms with Gasteiger partial charge in [-0.1, -0.05) is 65.2 Å². The fourth-order valence-electron chi connectivity index (χ4n) is 4.20. The Labute approximate surface area is 231 Å². The number of benzene rings is 4. The molecule has 3 N–H and O–H groups in total. The number of ketones is 1. The number of nitrogens with two attached hydrogens (primary N) is 1. The third-order valence-corrected chi connectivity index (χ3v) is 7.20. The van der Waals surface area contributed by atoms with Gasteiger partial charge in [0.2, 0.25) is 5.91 Å². The lowest BCUT2D eigenvalue weighted by atomic mass is 10.0. The molecule has 7 heteroatoms. The molecule has 0 saturated carbocycles. The molecule has 4 aromatic carbocycles. The maximum atomic E-state index is 12.8. The number of nitrogens with one attached hydrogen (secondary N) is 1. The van der Waals surface area contributed by atoms with E-state index in [9.17, 15) is 14.4 Å². The third-order valence-electron chi connectivity index (χ3n) is 6.46. The fraction of sp³-hybridized carbons (Fsp3) is 0.129. The van der Waals surface area contributed by atoms with Gasteiger partial charge in [0.15, 0.2) is 5.78 Å². The number of hydrogen-bond donors (Lipinski definition) is 2. The van der Waals surface area contributed by atoms with Gasteiger partial charge in [0.05, 0.1) is 10.0 Å². The molecule has 4 aromatic rings. The monoisotopic (exact) mass is 544 g/mol. The van der Waals surface area contributed by atoms with E-state index < -0.39 is 5.91 Å². The van der Waals surface area contributed by atoms with Gasteiger partial charge in [-0.3, -0.25) is 14.4 Å². The number of halogens is 2. The predicted octanol–water partition coefficient (Wildman–Crippen LogP) is 6.85. The molecule has 1 aliphatic rings. The van der Waals surface area contributed by atoms with Crippen molar-refractivity contribution in [3.8, 4) is 11.1 Å². The molecule has 0 bridgehead atoms. The van der Waals surface area contributed by atoms with Gasteiger partial charge < -0.3 is 11.1 Å². The molecule has 0 fully saturated rings. The van der Waals surface area contributed by atoms with Crippen molar-refractivity contribution in [2.24, 2.45) is 5.73 Å². The molecule has 38 heavy (non-hydrogen) atoms. The highest BCUT2D eigenvalue weighted by Crippen LogP contribution is 2.37. The van der Waals surface area contributed by atoms with Crippen molar-refractivity contribution in [1.82, 2.24) is 5.32 Å². The number of carbonyl (C=O) groups excluding carboxylic acids is 3. The first-order chi connectivity index (χ1) is 18.0. The average Bonchev–Trinajstić information content (AvgIpc) is 3.18. The Kier molecular flexibility index (Phi) is 8.00. The molecule has 0 unspecified atom stereocenters. The van der Waals surface area contributed by atoms with Crippen LogP contribution in [0.4, 0.5) is 0 Å². The van der Waals surface area contributed by atoms with Crippen LogP contribution in [0.1, 0.15) is 58.9 Å². The van der Waals surface area contributed by atoms with Crippen LogP contribution in [-0.2, 0) is 6.54 Å². The topological polar surface area (TPSA) is 89.3 Å². The molecule has 5 nitrogen and oxygen atoms in total. The van der Waals surface area contributed by atoms with Gasteiger partial charge in [-0.2, -0.15) is 0 Å². The van der Waals surface area contributed by atoms with Crippen LogP contribution in [0.2, 0.25) is 10.0 Å². The van der Waals surface area contributed by atoms with Crippen LogP contribution in [0, 0.1) is 20.8 Å². The zero-order chi connectivity index (χ0) is 27.6. The first kappa shape index (κ1) is 27.1. The third kappa shape index (κ3) is 5.80. The summed E-state index contributed by atoms with van der Waals surface area (Å²) in [5.41, 5.74) is 13.1. The van der Waals surface area contributed by atoms with Crippen LogP contribution in [0.25, 0.3) is 11.1 Å². The van der Waals surface area contributed by atoms with Gasteiger partial charge in [-0.25, -0.2) is 0 Å². The first-order valence-electron chi connectivity index (χ1n) is 11.9. The highest BCUT2D eigenvalue weighted by molar-refractivity contribution is 6.42. The van der Waals surface area contributed by atoms with E-state index in [4.69, 9.17) is 28.9 Å². The molecule has 0 saturated heterocycles. The lowest BCUT2D eigenvalue weighted by Crippen LogP contribution is -2.23. The normalized spacial score (nSPS) is 11.2. The standard InChI is InChI=1S/C22H14Cl2N2O3.C9H12/c23-18-6-1-11(7-19(18)24)10-26-22(29)13-3-5-15-14-4-2-12(21(25)28)8-16(14)20(27)17(15)9-13;1-7-4-5-8(2)9(3)6-7/h1-9H,10H2,(H2,25,28)(H,26,29);4-6H,1-3H3. The van der Waals surface area contributed by atoms with Crippen molar-refractivity contribution in [3.63, 3.8) is 0 Å². The van der Waals surface area contributed by atoms with Gasteiger partial charge in [0.25, 0.3) is 5.91 Å². The van der Waals surface area contributed by atoms with Crippen molar-refractivity contribution in [3.05, 3.63) is 127 Å². The summed E-state index contributed by atoms with van der Waals surface area (Å²) in [4.78, 5) is 36.7. The maximum absolute atomic E-state index is 12.8. The summed E-state index contributed by atoms with van der Waals surface area (Å²) in [7, 11) is 0. The van der Waals surface area contributed by atoms with Crippen molar-refractivity contribution < 1.29 is 14.4 Å². The zero-order valence-corrected chi connectivity index (χ0v) is 22.7. The molecule has 0 aliphatic heterocycles. The largest absolute Gasteiger partial charge is 0.366 e. The molecule has 1 aliphatic carbocycles. The van der Waals surface area contributed by atoms with Crippen molar-refractivity contribution in [2.45, 2.75) is 27.3 Å². The second-order valence-corrected chi connectivity index (χ2v) is 10.0. The Morgan fingerprint density at radius 1 is 0.711 bits per heavy atom. The summed E-state index contributed by atoms with van der Waals surface area (Å²) >= 11 is 11.9. The van der Waals surface area contributed by atoms with Gasteiger partial charge in [-0.15, -0.1) is 0 Å². The van der Waals surface area contributed by atoms with Crippen LogP contribution in [0.5, 0.6) is 0 Å². The second kappa shape index (κ2) is 11.2. The highest BCUT2D eigenvalue weighted by Gasteiger charge is 2.28. The number of amides is 2. The molecule has 5 rings (SSSR count). The van der Waals surface area contributed by atoms with Crippen molar-refractivity contribution in [1.29, 1.82) is 0 Å². The molecular formula is C31H26Cl2N2O3. The number of hydrogen-bond acceptors (Lipinski definition) is 3. The smallest absolute Gasteiger partial charge is 0.251 e. The predicted molar refractivity (Wildman–Crippen MR) is 152 cm³/mol. The fourth-order valence-corrected chi connectivity index (χ4v) is 4.52. The van der Waals surface area contributed by atoms with Crippen molar-refractivity contribution >= 4 is 40.8 Å². The molecule has 2 amide bonds. The summed E-state index contributed by atoms with van der Waals surface area (Å²) in [6.07, 6.45) is 0. The zero-order valence-electron chi connectivity index (χ0n) is 21.2. The van der Waals surface area contributed by atoms with Gasteiger partial charge in [0, 0.05) is 28.8 Å². The van der Waals surface area contributed by atoms with E-state index in [2.05, 4.69) is 44.3 Å². The summed E-state index contributed by atoms with van der Waals surface area (Å²) in [5.74, 6) is -1.16. The Morgan fingerprint density at radius 2 is 1.34 bits per heavy atom. The maximum Gasteiger partial charge on any atom is 0.251 e. The van der Waals surface area contributed by atoms with Crippen LogP contribution in [0.3, 0.4) is 0 Å². The second-order valence-electron chi connectivity index (χ2n) is 9.23. The number of fused-ring (bicyclic) bond motifs is 3. The van der Waals surface area contributed by atoms with Gasteiger partial charge in [-0.05, 0) is 85.0 Å². The van der Waals surface area contributed by atoms with E-state index in [1.165, 1.54) is 22.8 Å². The summed E-state index contributed by atoms with van der Waals surface area (Å²) in [5, 5.41) is 3.65. The van der Waals surface area contributed by atoms with Crippen molar-refractivity contribution in [2.75, 3.05) is 0 Å². The minimum Gasteiger partial charge on any atom is -0.366 e. The number of primary amides is 1. The highest BCUT2D eigenvalue weighted by atomic mass is 35.5. The van der Waals surface area contributed by atoms with E-state index in [-0.39, 0.29) is 23.8 Å². The van der Waals surface area contributed by atoms with Gasteiger partial charge >= 0.3 is 0 Å².